The van der Waals surface area contributed by atoms with Crippen LogP contribution in [0.5, 0.6) is 5.75 Å². The first-order chi connectivity index (χ1) is 5.79. The number of phenolic OH excluding ortho intramolecular Hbond substituents is 1. The molecule has 0 radical (unpaired) electrons. The fourth-order valence-electron chi connectivity index (χ4n) is 1.36. The van der Waals surface area contributed by atoms with E-state index in [2.05, 4.69) is 0 Å². The number of fused-ring (bicyclic) bond motifs is 1. The molecule has 0 aromatic heterocycles. The lowest BCUT2D eigenvalue weighted by Gasteiger charge is -2.20. The molecule has 0 saturated heterocycles. The highest BCUT2D eigenvalue weighted by Gasteiger charge is 2.14. The Balaban J connectivity index is 2.58. The summed E-state index contributed by atoms with van der Waals surface area (Å²) in [6.45, 7) is 0. The lowest BCUT2D eigenvalue weighted by atomic mass is 10.1. The molecule has 62 valence electrons. The average molecular weight is 163 g/mol. The van der Waals surface area contributed by atoms with Gasteiger partial charge in [-0.05, 0) is 18.1 Å². The third-order valence-electron chi connectivity index (χ3n) is 1.91. The van der Waals surface area contributed by atoms with E-state index < -0.39 is 0 Å². The van der Waals surface area contributed by atoms with E-state index in [4.69, 9.17) is 0 Å². The molecule has 0 unspecified atom stereocenters. The predicted molar refractivity (Wildman–Crippen MR) is 45.2 cm³/mol. The van der Waals surface area contributed by atoms with Gasteiger partial charge in [0.1, 0.15) is 11.4 Å². The molecule has 1 aliphatic rings. The van der Waals surface area contributed by atoms with Gasteiger partial charge in [-0.2, -0.15) is 0 Å². The number of allylic oxidation sites excluding steroid dienone is 1. The predicted octanol–water partition coefficient (Wildman–Crippen LogP) is 1.66. The summed E-state index contributed by atoms with van der Waals surface area (Å²) in [6, 6.07) is 5.20. The molecule has 0 amide bonds. The first-order valence-electron chi connectivity index (χ1n) is 3.74. The van der Waals surface area contributed by atoms with Crippen LogP contribution in [-0.2, 0) is 6.42 Å². The van der Waals surface area contributed by atoms with Crippen molar-refractivity contribution in [2.24, 2.45) is 0 Å². The maximum Gasteiger partial charge on any atom is 0.141 e. The molecule has 1 heterocycles. The maximum atomic E-state index is 9.39. The van der Waals surface area contributed by atoms with Crippen LogP contribution in [-0.4, -0.2) is 10.3 Å². The highest BCUT2D eigenvalue weighted by Crippen LogP contribution is 2.33. The minimum atomic E-state index is 0.111. The van der Waals surface area contributed by atoms with E-state index >= 15 is 0 Å². The van der Waals surface area contributed by atoms with E-state index in [0.717, 1.165) is 17.0 Å². The zero-order valence-electron chi connectivity index (χ0n) is 6.44. The Labute approximate surface area is 70.1 Å². The van der Waals surface area contributed by atoms with Crippen LogP contribution in [0.15, 0.2) is 30.5 Å². The molecular weight excluding hydrogens is 154 g/mol. The van der Waals surface area contributed by atoms with Crippen molar-refractivity contribution in [1.82, 2.24) is 0 Å². The van der Waals surface area contributed by atoms with Crippen LogP contribution < -0.4 is 5.06 Å². The highest BCUT2D eigenvalue weighted by atomic mass is 16.5. The summed E-state index contributed by atoms with van der Waals surface area (Å²) in [4.78, 5) is 0. The molecule has 1 aromatic rings. The zero-order chi connectivity index (χ0) is 8.55. The van der Waals surface area contributed by atoms with Gasteiger partial charge in [-0.15, -0.1) is 0 Å². The van der Waals surface area contributed by atoms with Gasteiger partial charge in [0, 0.05) is 6.20 Å². The molecule has 0 fully saturated rings. The number of para-hydroxylation sites is 1. The monoisotopic (exact) mass is 163 g/mol. The molecule has 0 atom stereocenters. The Kier molecular flexibility index (Phi) is 1.52. The molecule has 0 aliphatic carbocycles. The number of aromatic hydroxyl groups is 1. The Bertz CT molecular complexity index is 333. The van der Waals surface area contributed by atoms with Gasteiger partial charge in [0.2, 0.25) is 0 Å². The molecule has 2 rings (SSSR count). The summed E-state index contributed by atoms with van der Waals surface area (Å²) >= 11 is 0. The third-order valence-corrected chi connectivity index (χ3v) is 1.91. The quantitative estimate of drug-likeness (QED) is 0.611. The second-order valence-electron chi connectivity index (χ2n) is 2.72. The van der Waals surface area contributed by atoms with E-state index in [1.54, 1.807) is 12.1 Å². The second-order valence-corrected chi connectivity index (χ2v) is 2.72. The van der Waals surface area contributed by atoms with Crippen LogP contribution in [0.25, 0.3) is 0 Å². The van der Waals surface area contributed by atoms with Crippen molar-refractivity contribution in [3.05, 3.63) is 36.0 Å². The van der Waals surface area contributed by atoms with Crippen molar-refractivity contribution in [1.29, 1.82) is 0 Å². The standard InChI is InChI=1S/C9H9NO2/c11-8-5-1-3-7-4-2-6-10(12)9(7)8/h1-3,5-6,11-12H,4H2. The SMILES string of the molecule is Oc1cccc2c1N(O)C=CC2. The lowest BCUT2D eigenvalue weighted by Crippen LogP contribution is -2.14. The summed E-state index contributed by atoms with van der Waals surface area (Å²) in [5.41, 5.74) is 1.42. The Morgan fingerprint density at radius 1 is 1.33 bits per heavy atom. The molecule has 3 nitrogen and oxygen atoms in total. The van der Waals surface area contributed by atoms with Gasteiger partial charge in [0.05, 0.1) is 0 Å². The molecule has 3 heteroatoms. The van der Waals surface area contributed by atoms with Gasteiger partial charge in [-0.25, -0.2) is 5.06 Å². The van der Waals surface area contributed by atoms with Crippen molar-refractivity contribution in [2.75, 3.05) is 5.06 Å². The molecule has 0 saturated carbocycles. The zero-order valence-corrected chi connectivity index (χ0v) is 6.44. The molecule has 1 aromatic carbocycles. The van der Waals surface area contributed by atoms with Gasteiger partial charge in [0.15, 0.2) is 0 Å². The van der Waals surface area contributed by atoms with Crippen LogP contribution in [0.1, 0.15) is 5.56 Å². The molecule has 0 bridgehead atoms. The van der Waals surface area contributed by atoms with Crippen LogP contribution in [0.4, 0.5) is 5.69 Å². The number of hydrogen-bond donors (Lipinski definition) is 2. The normalized spacial score (nSPS) is 14.6. The van der Waals surface area contributed by atoms with Crippen LogP contribution in [0, 0.1) is 0 Å². The summed E-state index contributed by atoms with van der Waals surface area (Å²) in [7, 11) is 0. The van der Waals surface area contributed by atoms with E-state index in [9.17, 15) is 10.3 Å². The summed E-state index contributed by atoms with van der Waals surface area (Å²) in [5.74, 6) is 0.111. The lowest BCUT2D eigenvalue weighted by molar-refractivity contribution is 0.288. The fourth-order valence-corrected chi connectivity index (χ4v) is 1.36. The van der Waals surface area contributed by atoms with E-state index in [1.165, 1.54) is 6.20 Å². The van der Waals surface area contributed by atoms with Gasteiger partial charge >= 0.3 is 0 Å². The minimum absolute atomic E-state index is 0.111. The Morgan fingerprint density at radius 3 is 2.92 bits per heavy atom. The van der Waals surface area contributed by atoms with Crippen molar-refractivity contribution in [3.63, 3.8) is 0 Å². The van der Waals surface area contributed by atoms with Gasteiger partial charge < -0.3 is 5.11 Å². The number of nitrogens with zero attached hydrogens (tertiary/aromatic N) is 1. The smallest absolute Gasteiger partial charge is 0.141 e. The van der Waals surface area contributed by atoms with Crippen molar-refractivity contribution >= 4 is 5.69 Å². The van der Waals surface area contributed by atoms with Crippen LogP contribution >= 0.6 is 0 Å². The van der Waals surface area contributed by atoms with Gasteiger partial charge in [0.25, 0.3) is 0 Å². The largest absolute Gasteiger partial charge is 0.506 e. The van der Waals surface area contributed by atoms with E-state index in [-0.39, 0.29) is 5.75 Å². The summed E-state index contributed by atoms with van der Waals surface area (Å²) in [6.07, 6.45) is 4.12. The van der Waals surface area contributed by atoms with E-state index in [0.29, 0.717) is 5.69 Å². The van der Waals surface area contributed by atoms with Gasteiger partial charge in [-0.1, -0.05) is 18.2 Å². The Hall–Kier alpha value is -1.48. The topological polar surface area (TPSA) is 43.7 Å². The number of benzene rings is 1. The third kappa shape index (κ3) is 0.950. The molecule has 2 N–H and O–H groups in total. The molecule has 0 spiro atoms. The number of hydrogen-bond acceptors (Lipinski definition) is 3. The molecule has 12 heavy (non-hydrogen) atoms. The maximum absolute atomic E-state index is 9.39. The first kappa shape index (κ1) is 7.18. The van der Waals surface area contributed by atoms with Gasteiger partial charge in [-0.3, -0.25) is 5.21 Å². The minimum Gasteiger partial charge on any atom is -0.506 e. The fraction of sp³-hybridized carbons (Fsp3) is 0.111. The van der Waals surface area contributed by atoms with Crippen molar-refractivity contribution < 1.29 is 10.3 Å². The number of hydroxylamine groups is 1. The number of anilines is 1. The van der Waals surface area contributed by atoms with E-state index in [1.807, 2.05) is 12.1 Å². The average Bonchev–Trinajstić information content (AvgIpc) is 2.04. The van der Waals surface area contributed by atoms with Crippen molar-refractivity contribution in [3.8, 4) is 5.75 Å². The molecular formula is C9H9NO2. The second kappa shape index (κ2) is 2.53. The molecule has 1 aliphatic heterocycles. The summed E-state index contributed by atoms with van der Waals surface area (Å²) in [5, 5.41) is 19.7. The van der Waals surface area contributed by atoms with Crippen LogP contribution in [0.3, 0.4) is 0 Å². The Morgan fingerprint density at radius 2 is 2.17 bits per heavy atom. The number of phenols is 1. The van der Waals surface area contributed by atoms with Crippen molar-refractivity contribution in [2.45, 2.75) is 6.42 Å². The highest BCUT2D eigenvalue weighted by molar-refractivity contribution is 5.65. The summed E-state index contributed by atoms with van der Waals surface area (Å²) < 4.78 is 0. The first-order valence-corrected chi connectivity index (χ1v) is 3.74. The van der Waals surface area contributed by atoms with Crippen LogP contribution in [0.2, 0.25) is 0 Å². The number of rotatable bonds is 0.